The molecule has 0 aliphatic heterocycles. The second-order valence-corrected chi connectivity index (χ2v) is 6.50. The van der Waals surface area contributed by atoms with Gasteiger partial charge in [0.05, 0.1) is 5.69 Å². The molecule has 0 radical (unpaired) electrons. The van der Waals surface area contributed by atoms with Crippen molar-refractivity contribution >= 4 is 23.5 Å². The molecule has 0 aliphatic rings. The van der Waals surface area contributed by atoms with Crippen molar-refractivity contribution in [2.24, 2.45) is 0 Å². The van der Waals surface area contributed by atoms with Crippen molar-refractivity contribution in [1.82, 2.24) is 14.8 Å². The van der Waals surface area contributed by atoms with Gasteiger partial charge in [0.15, 0.2) is 5.69 Å². The van der Waals surface area contributed by atoms with Gasteiger partial charge < -0.3 is 5.32 Å². The highest BCUT2D eigenvalue weighted by molar-refractivity contribution is 7.97. The van der Waals surface area contributed by atoms with Crippen molar-refractivity contribution in [2.75, 3.05) is 11.6 Å². The molecule has 27 heavy (non-hydrogen) atoms. The lowest BCUT2D eigenvalue weighted by molar-refractivity contribution is -0.141. The van der Waals surface area contributed by atoms with Gasteiger partial charge in [0.1, 0.15) is 5.82 Å². The molecule has 140 valence electrons. The van der Waals surface area contributed by atoms with E-state index < -0.39 is 17.8 Å². The van der Waals surface area contributed by atoms with Crippen LogP contribution in [-0.4, -0.2) is 26.9 Å². The Morgan fingerprint density at radius 3 is 2.74 bits per heavy atom. The van der Waals surface area contributed by atoms with E-state index >= 15 is 0 Å². The largest absolute Gasteiger partial charge is 0.435 e. The molecule has 1 N–H and O–H groups in total. The van der Waals surface area contributed by atoms with Gasteiger partial charge in [-0.15, -0.1) is 0 Å². The Morgan fingerprint density at radius 1 is 1.22 bits per heavy atom. The smallest absolute Gasteiger partial charge is 0.307 e. The van der Waals surface area contributed by atoms with Gasteiger partial charge in [-0.1, -0.05) is 6.07 Å². The first-order chi connectivity index (χ1) is 12.9. The third kappa shape index (κ3) is 4.68. The van der Waals surface area contributed by atoms with Crippen LogP contribution in [0.25, 0.3) is 5.69 Å². The topological polar surface area (TPSA) is 59.8 Å². The summed E-state index contributed by atoms with van der Waals surface area (Å²) in [5.74, 6) is 0.797. The summed E-state index contributed by atoms with van der Waals surface area (Å²) >= 11 is 1.65. The number of rotatable bonds is 5. The van der Waals surface area contributed by atoms with Crippen molar-refractivity contribution in [2.45, 2.75) is 11.9 Å². The minimum absolute atomic E-state index is 0.286. The number of nitrogens with zero attached hydrogens (tertiary/aromatic N) is 3. The van der Waals surface area contributed by atoms with Gasteiger partial charge in [-0.05, 0) is 48.2 Å². The third-order valence-corrected chi connectivity index (χ3v) is 4.25. The molecule has 0 saturated heterocycles. The number of benzene rings is 1. The van der Waals surface area contributed by atoms with E-state index in [1.54, 1.807) is 42.2 Å². The molecule has 1 aromatic carbocycles. The molecule has 2 aromatic heterocycles. The fourth-order valence-corrected chi connectivity index (χ4v) is 2.91. The molecule has 9 heteroatoms. The number of aromatic nitrogens is 3. The van der Waals surface area contributed by atoms with Crippen LogP contribution in [0.15, 0.2) is 54.9 Å². The number of hydrogen-bond acceptors (Lipinski definition) is 4. The van der Waals surface area contributed by atoms with Crippen LogP contribution in [0.1, 0.15) is 21.6 Å². The normalized spacial score (nSPS) is 11.4. The van der Waals surface area contributed by atoms with E-state index in [-0.39, 0.29) is 5.56 Å². The van der Waals surface area contributed by atoms with Gasteiger partial charge in [0.25, 0.3) is 5.91 Å². The number of carbonyl (C=O) groups is 1. The monoisotopic (exact) mass is 392 g/mol. The lowest BCUT2D eigenvalue weighted by Gasteiger charge is -2.08. The van der Waals surface area contributed by atoms with Crippen molar-refractivity contribution in [3.8, 4) is 5.69 Å². The Labute approximate surface area is 157 Å². The van der Waals surface area contributed by atoms with Gasteiger partial charge >= 0.3 is 6.18 Å². The Bertz CT molecular complexity index is 956. The number of nitrogens with one attached hydrogen (secondary N) is 1. The third-order valence-electron chi connectivity index (χ3n) is 3.63. The maximum atomic E-state index is 12.7. The molecule has 0 aliphatic carbocycles. The number of carbonyl (C=O) groups excluding carboxylic acids is 1. The van der Waals surface area contributed by atoms with E-state index in [4.69, 9.17) is 0 Å². The summed E-state index contributed by atoms with van der Waals surface area (Å²) in [7, 11) is 0. The highest BCUT2D eigenvalue weighted by Crippen LogP contribution is 2.28. The van der Waals surface area contributed by atoms with Crippen LogP contribution in [0, 0.1) is 0 Å². The Kier molecular flexibility index (Phi) is 5.50. The van der Waals surface area contributed by atoms with E-state index in [9.17, 15) is 18.0 Å². The van der Waals surface area contributed by atoms with Crippen LogP contribution >= 0.6 is 11.8 Å². The predicted octanol–water partition coefficient (Wildman–Crippen LogP) is 4.40. The molecule has 0 spiro atoms. The number of alkyl halides is 3. The van der Waals surface area contributed by atoms with Crippen molar-refractivity contribution < 1.29 is 18.0 Å². The molecule has 0 fully saturated rings. The Balaban J connectivity index is 1.80. The maximum Gasteiger partial charge on any atom is 0.435 e. The second-order valence-electron chi connectivity index (χ2n) is 5.63. The summed E-state index contributed by atoms with van der Waals surface area (Å²) in [5.41, 5.74) is 0.667. The van der Waals surface area contributed by atoms with E-state index in [0.717, 1.165) is 22.1 Å². The maximum absolute atomic E-state index is 12.7. The Morgan fingerprint density at radius 2 is 2.04 bits per heavy atom. The minimum Gasteiger partial charge on any atom is -0.307 e. The first kappa shape index (κ1) is 19.0. The molecule has 3 aromatic rings. The summed E-state index contributed by atoms with van der Waals surface area (Å²) in [5, 5.41) is 6.21. The van der Waals surface area contributed by atoms with E-state index in [0.29, 0.717) is 11.5 Å². The molecule has 0 unspecified atom stereocenters. The SMILES string of the molecule is CSCc1ccnc(NC(=O)c2cccc(-n3ccc(C(F)(F)F)n3)c2)c1. The predicted molar refractivity (Wildman–Crippen MR) is 98.0 cm³/mol. The minimum atomic E-state index is -4.52. The highest BCUT2D eigenvalue weighted by atomic mass is 32.2. The van der Waals surface area contributed by atoms with Gasteiger partial charge in [0, 0.05) is 23.7 Å². The lowest BCUT2D eigenvalue weighted by atomic mass is 10.2. The average Bonchev–Trinajstić information content (AvgIpc) is 3.13. The van der Waals surface area contributed by atoms with E-state index in [1.165, 1.54) is 12.3 Å². The van der Waals surface area contributed by atoms with Crippen LogP contribution in [0.2, 0.25) is 0 Å². The number of amides is 1. The standard InChI is InChI=1S/C18H15F3N4OS/c1-27-11-12-5-7-22-16(9-12)23-17(26)13-3-2-4-14(10-13)25-8-6-15(24-25)18(19,20)21/h2-10H,11H2,1H3,(H,22,23,26). The van der Waals surface area contributed by atoms with Crippen LogP contribution in [0.4, 0.5) is 19.0 Å². The van der Waals surface area contributed by atoms with Crippen LogP contribution in [0.5, 0.6) is 0 Å². The first-order valence-electron chi connectivity index (χ1n) is 7.85. The molecule has 3 rings (SSSR count). The van der Waals surface area contributed by atoms with Crippen LogP contribution < -0.4 is 5.32 Å². The van der Waals surface area contributed by atoms with Crippen molar-refractivity contribution in [3.63, 3.8) is 0 Å². The summed E-state index contributed by atoms with van der Waals surface area (Å²) in [4.78, 5) is 16.6. The van der Waals surface area contributed by atoms with Crippen LogP contribution in [0.3, 0.4) is 0 Å². The summed E-state index contributed by atoms with van der Waals surface area (Å²) in [6.07, 6.45) is 0.268. The molecule has 0 atom stereocenters. The van der Waals surface area contributed by atoms with Crippen LogP contribution in [-0.2, 0) is 11.9 Å². The van der Waals surface area contributed by atoms with Gasteiger partial charge in [0.2, 0.25) is 0 Å². The number of hydrogen-bond donors (Lipinski definition) is 1. The highest BCUT2D eigenvalue weighted by Gasteiger charge is 2.33. The van der Waals surface area contributed by atoms with Gasteiger partial charge in [-0.2, -0.15) is 30.0 Å². The first-order valence-corrected chi connectivity index (χ1v) is 9.25. The zero-order valence-corrected chi connectivity index (χ0v) is 15.0. The molecule has 2 heterocycles. The zero-order valence-electron chi connectivity index (χ0n) is 14.2. The summed E-state index contributed by atoms with van der Waals surface area (Å²) in [6, 6.07) is 10.7. The number of thioether (sulfide) groups is 1. The zero-order chi connectivity index (χ0) is 19.4. The second kappa shape index (κ2) is 7.83. The molecular weight excluding hydrogens is 377 g/mol. The number of pyridine rings is 1. The Hall–Kier alpha value is -2.81. The lowest BCUT2D eigenvalue weighted by Crippen LogP contribution is -2.13. The molecule has 0 saturated carbocycles. The van der Waals surface area contributed by atoms with Gasteiger partial charge in [-0.25, -0.2) is 9.67 Å². The molecular formula is C18H15F3N4OS. The molecule has 5 nitrogen and oxygen atoms in total. The van der Waals surface area contributed by atoms with Crippen molar-refractivity contribution in [3.05, 3.63) is 71.7 Å². The number of anilines is 1. The quantitative estimate of drug-likeness (QED) is 0.699. The van der Waals surface area contributed by atoms with Gasteiger partial charge in [-0.3, -0.25) is 4.79 Å². The number of halogens is 3. The van der Waals surface area contributed by atoms with Crippen molar-refractivity contribution in [1.29, 1.82) is 0 Å². The molecule has 0 bridgehead atoms. The average molecular weight is 392 g/mol. The van der Waals surface area contributed by atoms with E-state index in [2.05, 4.69) is 15.4 Å². The fraction of sp³-hybridized carbons (Fsp3) is 0.167. The summed E-state index contributed by atoms with van der Waals surface area (Å²) in [6.45, 7) is 0. The fourth-order valence-electron chi connectivity index (χ4n) is 2.40. The molecule has 1 amide bonds. The summed E-state index contributed by atoms with van der Waals surface area (Å²) < 4.78 is 39.2. The van der Waals surface area contributed by atoms with E-state index in [1.807, 2.05) is 12.3 Å².